The van der Waals surface area contributed by atoms with Crippen molar-refractivity contribution in [2.24, 2.45) is 0 Å². The zero-order valence-electron chi connectivity index (χ0n) is 10.2. The number of hydrogen-bond donors (Lipinski definition) is 1. The zero-order chi connectivity index (χ0) is 12.9. The maximum absolute atomic E-state index is 9.38. The van der Waals surface area contributed by atoms with Crippen LogP contribution in [-0.4, -0.2) is 23.2 Å². The largest absolute Gasteiger partial charge is 0.377 e. The van der Waals surface area contributed by atoms with Crippen LogP contribution in [0.3, 0.4) is 0 Å². The lowest BCUT2D eigenvalue weighted by atomic mass is 9.80. The summed E-state index contributed by atoms with van der Waals surface area (Å²) in [5.41, 5.74) is 2.69. The van der Waals surface area contributed by atoms with E-state index in [2.05, 4.69) is 22.1 Å². The fraction of sp³-hybridized carbons (Fsp3) is 0.200. The summed E-state index contributed by atoms with van der Waals surface area (Å²) in [4.78, 5) is 7.53. The molecule has 1 aliphatic rings. The standard InChI is InChI=1S/C15H11N3O/c16-7-15(8-19-9-15)10-1-2-13-11(5-10)12-6-17-4-3-14(12)18-13/h1-6,18H,8-9H2. The normalized spacial score (nSPS) is 17.2. The average molecular weight is 249 g/mol. The number of rotatable bonds is 1. The lowest BCUT2D eigenvalue weighted by Gasteiger charge is -2.35. The Balaban J connectivity index is 2.00. The van der Waals surface area contributed by atoms with Gasteiger partial charge in [0.2, 0.25) is 0 Å². The van der Waals surface area contributed by atoms with Gasteiger partial charge in [-0.3, -0.25) is 4.98 Å². The predicted molar refractivity (Wildman–Crippen MR) is 71.7 cm³/mol. The molecule has 0 spiro atoms. The lowest BCUT2D eigenvalue weighted by Crippen LogP contribution is -2.45. The zero-order valence-corrected chi connectivity index (χ0v) is 10.2. The summed E-state index contributed by atoms with van der Waals surface area (Å²) in [7, 11) is 0. The Hall–Kier alpha value is -2.38. The number of ether oxygens (including phenoxy) is 1. The summed E-state index contributed by atoms with van der Waals surface area (Å²) >= 11 is 0. The maximum atomic E-state index is 9.38. The molecule has 0 radical (unpaired) electrons. The van der Waals surface area contributed by atoms with E-state index < -0.39 is 5.41 Å². The number of nitrogens with zero attached hydrogens (tertiary/aromatic N) is 2. The van der Waals surface area contributed by atoms with E-state index in [4.69, 9.17) is 4.74 Å². The van der Waals surface area contributed by atoms with Gasteiger partial charge in [0, 0.05) is 34.2 Å². The molecule has 3 aromatic rings. The molecule has 19 heavy (non-hydrogen) atoms. The molecule has 92 valence electrons. The van der Waals surface area contributed by atoms with Crippen molar-refractivity contribution in [3.05, 3.63) is 42.2 Å². The first kappa shape index (κ1) is 10.5. The first-order valence-corrected chi connectivity index (χ1v) is 6.17. The van der Waals surface area contributed by atoms with Gasteiger partial charge in [0.1, 0.15) is 5.41 Å². The fourth-order valence-electron chi connectivity index (χ4n) is 2.64. The Labute approximate surface area is 109 Å². The molecule has 1 saturated heterocycles. The van der Waals surface area contributed by atoms with E-state index in [1.54, 1.807) is 6.20 Å². The number of H-pyrrole nitrogens is 1. The van der Waals surface area contributed by atoms with Gasteiger partial charge in [-0.2, -0.15) is 5.26 Å². The first-order chi connectivity index (χ1) is 9.32. The maximum Gasteiger partial charge on any atom is 0.129 e. The number of fused-ring (bicyclic) bond motifs is 3. The summed E-state index contributed by atoms with van der Waals surface area (Å²) in [6.45, 7) is 0.964. The van der Waals surface area contributed by atoms with Crippen LogP contribution in [0.5, 0.6) is 0 Å². The number of hydrogen-bond acceptors (Lipinski definition) is 3. The van der Waals surface area contributed by atoms with Crippen molar-refractivity contribution in [3.63, 3.8) is 0 Å². The van der Waals surface area contributed by atoms with Crippen LogP contribution in [0.4, 0.5) is 0 Å². The quantitative estimate of drug-likeness (QED) is 0.720. The molecule has 1 N–H and O–H groups in total. The molecule has 0 amide bonds. The minimum Gasteiger partial charge on any atom is -0.377 e. The van der Waals surface area contributed by atoms with Crippen LogP contribution in [0.15, 0.2) is 36.7 Å². The number of aromatic amines is 1. The Morgan fingerprint density at radius 1 is 1.21 bits per heavy atom. The molecular weight excluding hydrogens is 238 g/mol. The molecule has 0 atom stereocenters. The highest BCUT2D eigenvalue weighted by Crippen LogP contribution is 2.35. The second-order valence-electron chi connectivity index (χ2n) is 4.99. The molecule has 0 saturated carbocycles. The smallest absolute Gasteiger partial charge is 0.129 e. The number of nitrogens with one attached hydrogen (secondary N) is 1. The predicted octanol–water partition coefficient (Wildman–Crippen LogP) is 2.51. The van der Waals surface area contributed by atoms with Crippen molar-refractivity contribution in [3.8, 4) is 6.07 Å². The molecule has 2 aromatic heterocycles. The number of nitriles is 1. The number of benzene rings is 1. The molecule has 4 nitrogen and oxygen atoms in total. The highest BCUT2D eigenvalue weighted by Gasteiger charge is 2.40. The second-order valence-corrected chi connectivity index (χ2v) is 4.99. The third-order valence-corrected chi connectivity index (χ3v) is 3.86. The van der Waals surface area contributed by atoms with Crippen molar-refractivity contribution in [1.82, 2.24) is 9.97 Å². The topological polar surface area (TPSA) is 61.7 Å². The van der Waals surface area contributed by atoms with Gasteiger partial charge in [-0.1, -0.05) is 6.07 Å². The summed E-state index contributed by atoms with van der Waals surface area (Å²) in [6, 6.07) is 10.5. The fourth-order valence-corrected chi connectivity index (χ4v) is 2.64. The van der Waals surface area contributed by atoms with E-state index in [0.29, 0.717) is 13.2 Å². The minimum atomic E-state index is -0.472. The van der Waals surface area contributed by atoms with E-state index in [-0.39, 0.29) is 0 Å². The van der Waals surface area contributed by atoms with Crippen LogP contribution >= 0.6 is 0 Å². The van der Waals surface area contributed by atoms with Gasteiger partial charge in [0.05, 0.1) is 19.3 Å². The van der Waals surface area contributed by atoms with Gasteiger partial charge < -0.3 is 9.72 Å². The van der Waals surface area contributed by atoms with Crippen LogP contribution in [0.1, 0.15) is 5.56 Å². The van der Waals surface area contributed by atoms with Gasteiger partial charge in [0.15, 0.2) is 0 Å². The SMILES string of the molecule is N#CC1(c2ccc3[nH]c4ccncc4c3c2)COC1. The highest BCUT2D eigenvalue weighted by molar-refractivity contribution is 6.07. The van der Waals surface area contributed by atoms with E-state index in [0.717, 1.165) is 27.4 Å². The van der Waals surface area contributed by atoms with Crippen LogP contribution in [0, 0.1) is 11.3 Å². The molecule has 0 unspecified atom stereocenters. The van der Waals surface area contributed by atoms with Crippen LogP contribution in [0.25, 0.3) is 21.8 Å². The Morgan fingerprint density at radius 3 is 2.79 bits per heavy atom. The van der Waals surface area contributed by atoms with E-state index >= 15 is 0 Å². The van der Waals surface area contributed by atoms with Crippen LogP contribution in [-0.2, 0) is 10.2 Å². The number of pyridine rings is 1. The first-order valence-electron chi connectivity index (χ1n) is 6.17. The van der Waals surface area contributed by atoms with Crippen molar-refractivity contribution in [1.29, 1.82) is 5.26 Å². The molecule has 4 heteroatoms. The van der Waals surface area contributed by atoms with E-state index in [9.17, 15) is 5.26 Å². The Bertz CT molecular complexity index is 824. The Kier molecular flexibility index (Phi) is 1.97. The summed E-state index contributed by atoms with van der Waals surface area (Å²) in [5, 5.41) is 11.6. The van der Waals surface area contributed by atoms with Gasteiger partial charge in [-0.15, -0.1) is 0 Å². The average Bonchev–Trinajstić information content (AvgIpc) is 2.76. The van der Waals surface area contributed by atoms with Crippen LogP contribution < -0.4 is 0 Å². The molecular formula is C15H11N3O. The minimum absolute atomic E-state index is 0.472. The summed E-state index contributed by atoms with van der Waals surface area (Å²) in [6.07, 6.45) is 3.63. The Morgan fingerprint density at radius 2 is 2.05 bits per heavy atom. The summed E-state index contributed by atoms with van der Waals surface area (Å²) in [5.74, 6) is 0. The third-order valence-electron chi connectivity index (χ3n) is 3.86. The summed E-state index contributed by atoms with van der Waals surface area (Å²) < 4.78 is 5.22. The van der Waals surface area contributed by atoms with Gasteiger partial charge >= 0.3 is 0 Å². The second kappa shape index (κ2) is 3.56. The van der Waals surface area contributed by atoms with Crippen molar-refractivity contribution < 1.29 is 4.74 Å². The molecule has 1 aromatic carbocycles. The van der Waals surface area contributed by atoms with Crippen molar-refractivity contribution in [2.45, 2.75) is 5.41 Å². The highest BCUT2D eigenvalue weighted by atomic mass is 16.5. The van der Waals surface area contributed by atoms with E-state index in [1.807, 2.05) is 24.4 Å². The molecule has 0 aliphatic carbocycles. The van der Waals surface area contributed by atoms with E-state index in [1.165, 1.54) is 0 Å². The van der Waals surface area contributed by atoms with Crippen LogP contribution in [0.2, 0.25) is 0 Å². The number of aromatic nitrogens is 2. The molecule has 1 fully saturated rings. The van der Waals surface area contributed by atoms with Crippen molar-refractivity contribution in [2.75, 3.05) is 13.2 Å². The van der Waals surface area contributed by atoms with Gasteiger partial charge in [0.25, 0.3) is 0 Å². The van der Waals surface area contributed by atoms with Gasteiger partial charge in [-0.25, -0.2) is 0 Å². The third kappa shape index (κ3) is 1.33. The molecule has 1 aliphatic heterocycles. The molecule has 0 bridgehead atoms. The van der Waals surface area contributed by atoms with Gasteiger partial charge in [-0.05, 0) is 23.8 Å². The molecule has 4 rings (SSSR count). The monoisotopic (exact) mass is 249 g/mol. The lowest BCUT2D eigenvalue weighted by molar-refractivity contribution is -0.0297. The van der Waals surface area contributed by atoms with Crippen molar-refractivity contribution >= 4 is 21.8 Å². The molecule has 3 heterocycles.